The van der Waals surface area contributed by atoms with Crippen molar-refractivity contribution < 1.29 is 13.9 Å². The number of methoxy groups -OCH3 is 1. The highest BCUT2D eigenvalue weighted by molar-refractivity contribution is 6.27. The normalized spacial score (nSPS) is 9.73. The van der Waals surface area contributed by atoms with E-state index in [1.807, 2.05) is 0 Å². The number of carbonyl (C=O) groups excluding carboxylic acids is 1. The topological polar surface area (TPSA) is 52.3 Å². The highest BCUT2D eigenvalue weighted by Gasteiger charge is 2.15. The van der Waals surface area contributed by atoms with Gasteiger partial charge in [-0.15, -0.1) is 0 Å². The Hall–Kier alpha value is -1.03. The highest BCUT2D eigenvalue weighted by atomic mass is 35.5. The molecule has 0 radical (unpaired) electrons. The molecule has 5 heteroatoms. The third-order valence-electron chi connectivity index (χ3n) is 1.15. The van der Waals surface area contributed by atoms with Gasteiger partial charge in [-0.2, -0.15) is 4.98 Å². The first kappa shape index (κ1) is 8.07. The number of aromatic nitrogens is 1. The van der Waals surface area contributed by atoms with E-state index in [9.17, 15) is 4.79 Å². The summed E-state index contributed by atoms with van der Waals surface area (Å²) in [6.45, 7) is 1.59. The molecule has 0 aliphatic rings. The fourth-order valence-corrected chi connectivity index (χ4v) is 0.850. The average molecular weight is 176 g/mol. The first-order chi connectivity index (χ1) is 5.15. The number of nitrogens with zero attached hydrogens (tertiary/aromatic N) is 1. The minimum atomic E-state index is -0.543. The quantitative estimate of drug-likeness (QED) is 0.606. The van der Waals surface area contributed by atoms with Gasteiger partial charge in [0.2, 0.25) is 0 Å². The van der Waals surface area contributed by atoms with Gasteiger partial charge in [-0.25, -0.2) is 4.79 Å². The number of oxazole rings is 1. The van der Waals surface area contributed by atoms with Crippen LogP contribution in [-0.2, 0) is 4.74 Å². The van der Waals surface area contributed by atoms with E-state index in [1.54, 1.807) is 6.92 Å². The summed E-state index contributed by atoms with van der Waals surface area (Å²) in [6.07, 6.45) is 0. The van der Waals surface area contributed by atoms with Crippen molar-refractivity contribution >= 4 is 17.6 Å². The van der Waals surface area contributed by atoms with Crippen molar-refractivity contribution in [3.63, 3.8) is 0 Å². The first-order valence-corrected chi connectivity index (χ1v) is 3.24. The van der Waals surface area contributed by atoms with Crippen LogP contribution in [0.1, 0.15) is 16.2 Å². The Balaban J connectivity index is 3.03. The molecular weight excluding hydrogens is 170 g/mol. The lowest BCUT2D eigenvalue weighted by Gasteiger charge is -1.91. The van der Waals surface area contributed by atoms with E-state index in [0.717, 1.165) is 0 Å². The fraction of sp³-hybridized carbons (Fsp3) is 0.333. The minimum absolute atomic E-state index is 0.0529. The molecule has 11 heavy (non-hydrogen) atoms. The number of hydrogen-bond acceptors (Lipinski definition) is 4. The lowest BCUT2D eigenvalue weighted by molar-refractivity contribution is 0.0593. The van der Waals surface area contributed by atoms with E-state index in [4.69, 9.17) is 16.0 Å². The highest BCUT2D eigenvalue weighted by Crippen LogP contribution is 2.14. The number of ether oxygens (including phenoxy) is 1. The molecule has 0 bridgehead atoms. The van der Waals surface area contributed by atoms with Gasteiger partial charge in [0.25, 0.3) is 5.35 Å². The Kier molecular flexibility index (Phi) is 2.14. The third kappa shape index (κ3) is 1.51. The van der Waals surface area contributed by atoms with Crippen molar-refractivity contribution in [2.24, 2.45) is 0 Å². The number of rotatable bonds is 1. The molecule has 0 saturated heterocycles. The van der Waals surface area contributed by atoms with Crippen molar-refractivity contribution in [3.8, 4) is 0 Å². The molecule has 1 aromatic heterocycles. The van der Waals surface area contributed by atoms with Crippen LogP contribution >= 0.6 is 11.6 Å². The maximum atomic E-state index is 10.8. The van der Waals surface area contributed by atoms with E-state index < -0.39 is 5.97 Å². The van der Waals surface area contributed by atoms with Crippen LogP contribution in [0.5, 0.6) is 0 Å². The van der Waals surface area contributed by atoms with E-state index in [2.05, 4.69) is 9.72 Å². The van der Waals surface area contributed by atoms with Crippen LogP contribution in [0.4, 0.5) is 0 Å². The standard InChI is InChI=1S/C6H6ClNO3/c1-3-4(5(9)10-2)8-6(7)11-3/h1-2H3. The lowest BCUT2D eigenvalue weighted by atomic mass is 10.4. The molecular formula is C6H6ClNO3. The van der Waals surface area contributed by atoms with Crippen LogP contribution in [0.2, 0.25) is 5.35 Å². The fourth-order valence-electron chi connectivity index (χ4n) is 0.650. The number of esters is 1. The molecule has 0 saturated carbocycles. The zero-order valence-corrected chi connectivity index (χ0v) is 6.81. The summed E-state index contributed by atoms with van der Waals surface area (Å²) in [7, 11) is 1.27. The Bertz CT molecular complexity index is 281. The van der Waals surface area contributed by atoms with Gasteiger partial charge in [-0.3, -0.25) is 0 Å². The Morgan fingerprint density at radius 2 is 2.36 bits per heavy atom. The van der Waals surface area contributed by atoms with Crippen molar-refractivity contribution in [1.82, 2.24) is 4.98 Å². The smallest absolute Gasteiger partial charge is 0.360 e. The number of hydrogen-bond donors (Lipinski definition) is 0. The number of aryl methyl sites for hydroxylation is 1. The van der Waals surface area contributed by atoms with Gasteiger partial charge in [0.05, 0.1) is 7.11 Å². The van der Waals surface area contributed by atoms with Crippen LogP contribution in [-0.4, -0.2) is 18.1 Å². The molecule has 1 aromatic rings. The molecule has 0 atom stereocenters. The van der Waals surface area contributed by atoms with Gasteiger partial charge < -0.3 is 9.15 Å². The van der Waals surface area contributed by atoms with E-state index in [-0.39, 0.29) is 11.0 Å². The molecule has 4 nitrogen and oxygen atoms in total. The van der Waals surface area contributed by atoms with Gasteiger partial charge in [-0.1, -0.05) is 0 Å². The van der Waals surface area contributed by atoms with Gasteiger partial charge >= 0.3 is 5.97 Å². The maximum absolute atomic E-state index is 10.8. The number of carbonyl (C=O) groups is 1. The van der Waals surface area contributed by atoms with Gasteiger partial charge in [0, 0.05) is 0 Å². The Labute approximate surface area is 68.1 Å². The van der Waals surface area contributed by atoms with Crippen LogP contribution in [0.25, 0.3) is 0 Å². The summed E-state index contributed by atoms with van der Waals surface area (Å²) in [5.74, 6) is -0.181. The second-order valence-electron chi connectivity index (χ2n) is 1.86. The zero-order valence-electron chi connectivity index (χ0n) is 6.05. The molecule has 0 unspecified atom stereocenters. The molecule has 0 N–H and O–H groups in total. The van der Waals surface area contributed by atoms with Crippen LogP contribution in [0, 0.1) is 6.92 Å². The third-order valence-corrected chi connectivity index (χ3v) is 1.31. The zero-order chi connectivity index (χ0) is 8.43. The lowest BCUT2D eigenvalue weighted by Crippen LogP contribution is -2.02. The van der Waals surface area contributed by atoms with Crippen molar-refractivity contribution in [2.45, 2.75) is 6.92 Å². The molecule has 1 heterocycles. The van der Waals surface area contributed by atoms with E-state index in [0.29, 0.717) is 5.76 Å². The number of halogens is 1. The molecule has 0 fully saturated rings. The molecule has 0 aromatic carbocycles. The van der Waals surface area contributed by atoms with Crippen LogP contribution < -0.4 is 0 Å². The predicted molar refractivity (Wildman–Crippen MR) is 37.6 cm³/mol. The second-order valence-corrected chi connectivity index (χ2v) is 2.19. The summed E-state index contributed by atoms with van der Waals surface area (Å²) < 4.78 is 9.20. The molecule has 1 rings (SSSR count). The van der Waals surface area contributed by atoms with Gasteiger partial charge in [0.15, 0.2) is 5.69 Å². The van der Waals surface area contributed by atoms with Crippen molar-refractivity contribution in [3.05, 3.63) is 16.8 Å². The summed E-state index contributed by atoms with van der Waals surface area (Å²) >= 11 is 5.38. The van der Waals surface area contributed by atoms with Gasteiger partial charge in [-0.05, 0) is 18.5 Å². The molecule has 0 aliphatic carbocycles. The molecule has 60 valence electrons. The largest absolute Gasteiger partial charge is 0.464 e. The predicted octanol–water partition coefficient (Wildman–Crippen LogP) is 1.42. The monoisotopic (exact) mass is 175 g/mol. The SMILES string of the molecule is COC(=O)c1nc(Cl)oc1C. The Morgan fingerprint density at radius 3 is 2.73 bits per heavy atom. The van der Waals surface area contributed by atoms with E-state index in [1.165, 1.54) is 7.11 Å². The van der Waals surface area contributed by atoms with Crippen LogP contribution in [0.15, 0.2) is 4.42 Å². The second kappa shape index (κ2) is 2.92. The minimum Gasteiger partial charge on any atom is -0.464 e. The maximum Gasteiger partial charge on any atom is 0.360 e. The summed E-state index contributed by atoms with van der Waals surface area (Å²) in [4.78, 5) is 14.4. The molecule has 0 spiro atoms. The summed E-state index contributed by atoms with van der Waals surface area (Å²) in [5.41, 5.74) is 0.123. The first-order valence-electron chi connectivity index (χ1n) is 2.86. The van der Waals surface area contributed by atoms with E-state index >= 15 is 0 Å². The van der Waals surface area contributed by atoms with Crippen LogP contribution in [0.3, 0.4) is 0 Å². The summed E-state index contributed by atoms with van der Waals surface area (Å²) in [5, 5.41) is -0.0529. The van der Waals surface area contributed by atoms with Crippen molar-refractivity contribution in [1.29, 1.82) is 0 Å². The van der Waals surface area contributed by atoms with Crippen molar-refractivity contribution in [2.75, 3.05) is 7.11 Å². The molecule has 0 amide bonds. The molecule has 0 aliphatic heterocycles. The Morgan fingerprint density at radius 1 is 1.73 bits per heavy atom. The summed E-state index contributed by atoms with van der Waals surface area (Å²) in [6, 6.07) is 0. The average Bonchev–Trinajstić information content (AvgIpc) is 2.28. The van der Waals surface area contributed by atoms with Gasteiger partial charge in [0.1, 0.15) is 5.76 Å².